The minimum atomic E-state index is -0.599. The smallest absolute Gasteiger partial charge is 0.251 e. The molecule has 122 valence electrons. The van der Waals surface area contributed by atoms with Gasteiger partial charge in [0.05, 0.1) is 6.10 Å². The van der Waals surface area contributed by atoms with Gasteiger partial charge in [-0.15, -0.1) is 0 Å². The molecular weight excluding hydrogens is 292 g/mol. The first kappa shape index (κ1) is 17.0. The highest BCUT2D eigenvalue weighted by atomic mass is 16.5. The maximum Gasteiger partial charge on any atom is 0.251 e. The summed E-state index contributed by atoms with van der Waals surface area (Å²) < 4.78 is 5.71. The van der Waals surface area contributed by atoms with Crippen molar-refractivity contribution in [2.45, 2.75) is 6.10 Å². The van der Waals surface area contributed by atoms with Crippen molar-refractivity contribution in [1.29, 1.82) is 0 Å². The number of nitrogens with one attached hydrogen (secondary N) is 1. The number of amides is 1. The van der Waals surface area contributed by atoms with Crippen molar-refractivity contribution in [3.05, 3.63) is 60.2 Å². The predicted octanol–water partition coefficient (Wildman–Crippen LogP) is 2.13. The van der Waals surface area contributed by atoms with Crippen molar-refractivity contribution in [2.75, 3.05) is 27.2 Å². The molecule has 2 aromatic rings. The first-order valence-electron chi connectivity index (χ1n) is 7.48. The quantitative estimate of drug-likeness (QED) is 0.822. The third-order valence-corrected chi connectivity index (χ3v) is 3.15. The summed E-state index contributed by atoms with van der Waals surface area (Å²) >= 11 is 0. The van der Waals surface area contributed by atoms with E-state index in [1.807, 2.05) is 49.3 Å². The van der Waals surface area contributed by atoms with Crippen LogP contribution in [0.2, 0.25) is 0 Å². The van der Waals surface area contributed by atoms with Crippen LogP contribution in [0.1, 0.15) is 10.4 Å². The predicted molar refractivity (Wildman–Crippen MR) is 89.9 cm³/mol. The van der Waals surface area contributed by atoms with Crippen LogP contribution in [0.25, 0.3) is 0 Å². The van der Waals surface area contributed by atoms with Crippen LogP contribution in [0.5, 0.6) is 11.5 Å². The van der Waals surface area contributed by atoms with Gasteiger partial charge in [-0.05, 0) is 44.4 Å². The van der Waals surface area contributed by atoms with Crippen molar-refractivity contribution < 1.29 is 14.6 Å². The summed E-state index contributed by atoms with van der Waals surface area (Å²) in [5.41, 5.74) is 0.496. The number of hydrogen-bond acceptors (Lipinski definition) is 4. The normalized spacial score (nSPS) is 12.0. The summed E-state index contributed by atoms with van der Waals surface area (Å²) in [5.74, 6) is 1.07. The first-order valence-corrected chi connectivity index (χ1v) is 7.48. The standard InChI is InChI=1S/C18H22N2O3/c1-20(2)13-15(21)12-19-18(22)14-7-6-10-17(11-14)23-16-8-4-3-5-9-16/h3-11,15,21H,12-13H2,1-2H3,(H,19,22). The molecule has 0 bridgehead atoms. The molecule has 2 N–H and O–H groups in total. The van der Waals surface area contributed by atoms with Gasteiger partial charge in [0.25, 0.3) is 5.91 Å². The summed E-state index contributed by atoms with van der Waals surface area (Å²) in [6, 6.07) is 16.3. The van der Waals surface area contributed by atoms with E-state index in [0.29, 0.717) is 23.6 Å². The average molecular weight is 314 g/mol. The zero-order valence-electron chi connectivity index (χ0n) is 13.4. The van der Waals surface area contributed by atoms with Crippen LogP contribution in [0, 0.1) is 0 Å². The number of ether oxygens (including phenoxy) is 1. The molecule has 0 aliphatic heterocycles. The molecule has 0 saturated heterocycles. The maximum atomic E-state index is 12.1. The van der Waals surface area contributed by atoms with Crippen molar-refractivity contribution in [3.63, 3.8) is 0 Å². The van der Waals surface area contributed by atoms with Gasteiger partial charge in [0.2, 0.25) is 0 Å². The minimum Gasteiger partial charge on any atom is -0.457 e. The number of carbonyl (C=O) groups excluding carboxylic acids is 1. The Kier molecular flexibility index (Phi) is 6.14. The molecule has 0 aliphatic carbocycles. The third-order valence-electron chi connectivity index (χ3n) is 3.15. The van der Waals surface area contributed by atoms with Gasteiger partial charge in [-0.1, -0.05) is 24.3 Å². The Balaban J connectivity index is 1.95. The molecule has 2 rings (SSSR count). The number of nitrogens with zero attached hydrogens (tertiary/aromatic N) is 1. The largest absolute Gasteiger partial charge is 0.457 e. The van der Waals surface area contributed by atoms with E-state index in [-0.39, 0.29) is 12.5 Å². The monoisotopic (exact) mass is 314 g/mol. The molecule has 2 aromatic carbocycles. The van der Waals surface area contributed by atoms with Gasteiger partial charge in [-0.2, -0.15) is 0 Å². The zero-order valence-corrected chi connectivity index (χ0v) is 13.4. The number of aliphatic hydroxyl groups excluding tert-OH is 1. The van der Waals surface area contributed by atoms with Crippen molar-refractivity contribution in [3.8, 4) is 11.5 Å². The lowest BCUT2D eigenvalue weighted by Crippen LogP contribution is -2.37. The van der Waals surface area contributed by atoms with Crippen LogP contribution in [-0.4, -0.2) is 49.2 Å². The number of rotatable bonds is 7. The second-order valence-electron chi connectivity index (χ2n) is 5.57. The highest BCUT2D eigenvalue weighted by molar-refractivity contribution is 5.94. The topological polar surface area (TPSA) is 61.8 Å². The van der Waals surface area contributed by atoms with Gasteiger partial charge in [-0.25, -0.2) is 0 Å². The Labute approximate surface area is 136 Å². The van der Waals surface area contributed by atoms with Crippen molar-refractivity contribution >= 4 is 5.91 Å². The molecule has 5 nitrogen and oxygen atoms in total. The molecule has 0 aromatic heterocycles. The second kappa shape index (κ2) is 8.31. The van der Waals surface area contributed by atoms with Gasteiger partial charge < -0.3 is 20.1 Å². The summed E-state index contributed by atoms with van der Waals surface area (Å²) in [5, 5.41) is 12.5. The highest BCUT2D eigenvalue weighted by Gasteiger charge is 2.10. The Morgan fingerprint density at radius 1 is 1.13 bits per heavy atom. The summed E-state index contributed by atoms with van der Waals surface area (Å²) in [4.78, 5) is 14.0. The van der Waals surface area contributed by atoms with Gasteiger partial charge in [0.1, 0.15) is 11.5 Å². The number of hydrogen-bond donors (Lipinski definition) is 2. The molecule has 5 heteroatoms. The lowest BCUT2D eigenvalue weighted by molar-refractivity contribution is 0.0892. The number of benzene rings is 2. The van der Waals surface area contributed by atoms with Crippen molar-refractivity contribution in [1.82, 2.24) is 10.2 Å². The van der Waals surface area contributed by atoms with Crippen LogP contribution in [-0.2, 0) is 0 Å². The molecule has 0 saturated carbocycles. The van der Waals surface area contributed by atoms with Crippen molar-refractivity contribution in [2.24, 2.45) is 0 Å². The highest BCUT2D eigenvalue weighted by Crippen LogP contribution is 2.21. The third kappa shape index (κ3) is 5.73. The molecule has 1 atom stereocenters. The van der Waals surface area contributed by atoms with Gasteiger partial charge >= 0.3 is 0 Å². The van der Waals surface area contributed by atoms with E-state index in [1.54, 1.807) is 24.3 Å². The van der Waals surface area contributed by atoms with Crippen LogP contribution >= 0.6 is 0 Å². The first-order chi connectivity index (χ1) is 11.0. The molecule has 0 heterocycles. The molecule has 1 unspecified atom stereocenters. The van der Waals surface area contributed by atoms with E-state index >= 15 is 0 Å². The van der Waals surface area contributed by atoms with E-state index in [1.165, 1.54) is 0 Å². The van der Waals surface area contributed by atoms with Crippen LogP contribution in [0.15, 0.2) is 54.6 Å². The summed E-state index contributed by atoms with van der Waals surface area (Å²) in [6.45, 7) is 0.707. The van der Waals surface area contributed by atoms with Crippen LogP contribution < -0.4 is 10.1 Å². The second-order valence-corrected chi connectivity index (χ2v) is 5.57. The van der Waals surface area contributed by atoms with E-state index in [9.17, 15) is 9.90 Å². The van der Waals surface area contributed by atoms with E-state index in [0.717, 1.165) is 0 Å². The zero-order chi connectivity index (χ0) is 16.7. The van der Waals surface area contributed by atoms with Crippen LogP contribution in [0.3, 0.4) is 0 Å². The Bertz CT molecular complexity index is 629. The van der Waals surface area contributed by atoms with Crippen LogP contribution in [0.4, 0.5) is 0 Å². The lowest BCUT2D eigenvalue weighted by atomic mass is 10.2. The van der Waals surface area contributed by atoms with E-state index in [4.69, 9.17) is 4.74 Å². The lowest BCUT2D eigenvalue weighted by Gasteiger charge is -2.16. The fourth-order valence-corrected chi connectivity index (χ4v) is 2.12. The number of likely N-dealkylation sites (N-methyl/N-ethyl adjacent to an activating group) is 1. The number of para-hydroxylation sites is 1. The van der Waals surface area contributed by atoms with E-state index in [2.05, 4.69) is 5.32 Å². The Morgan fingerprint density at radius 2 is 1.83 bits per heavy atom. The minimum absolute atomic E-state index is 0.209. The van der Waals surface area contributed by atoms with Gasteiger partial charge in [0.15, 0.2) is 0 Å². The number of carbonyl (C=O) groups is 1. The Morgan fingerprint density at radius 3 is 2.52 bits per heavy atom. The fourth-order valence-electron chi connectivity index (χ4n) is 2.12. The molecule has 0 spiro atoms. The average Bonchev–Trinajstić information content (AvgIpc) is 2.53. The Hall–Kier alpha value is -2.37. The molecule has 1 amide bonds. The summed E-state index contributed by atoms with van der Waals surface area (Å²) in [6.07, 6.45) is -0.599. The molecule has 0 radical (unpaired) electrons. The molecule has 23 heavy (non-hydrogen) atoms. The summed E-state index contributed by atoms with van der Waals surface area (Å²) in [7, 11) is 3.74. The molecule has 0 fully saturated rings. The maximum absolute atomic E-state index is 12.1. The van der Waals surface area contributed by atoms with Gasteiger partial charge in [0, 0.05) is 18.7 Å². The molecular formula is C18H22N2O3. The molecule has 0 aliphatic rings. The SMILES string of the molecule is CN(C)CC(O)CNC(=O)c1cccc(Oc2ccccc2)c1. The van der Waals surface area contributed by atoms with E-state index < -0.39 is 6.10 Å². The fraction of sp³-hybridized carbons (Fsp3) is 0.278. The van der Waals surface area contributed by atoms with Gasteiger partial charge in [-0.3, -0.25) is 4.79 Å². The number of aliphatic hydroxyl groups is 1.